The van der Waals surface area contributed by atoms with E-state index in [0.29, 0.717) is 16.9 Å². The number of aromatic nitrogens is 2. The largest absolute Gasteiger partial charge is 0.322 e. The highest BCUT2D eigenvalue weighted by molar-refractivity contribution is 9.10. The number of anilines is 2. The van der Waals surface area contributed by atoms with Gasteiger partial charge in [-0.25, -0.2) is 4.98 Å². The van der Waals surface area contributed by atoms with Gasteiger partial charge in [0.2, 0.25) is 5.82 Å². The fourth-order valence-corrected chi connectivity index (χ4v) is 4.87. The second-order valence-electron chi connectivity index (χ2n) is 7.04. The zero-order valence-corrected chi connectivity index (χ0v) is 16.8. The summed E-state index contributed by atoms with van der Waals surface area (Å²) in [5.41, 5.74) is 3.46. The van der Waals surface area contributed by atoms with Crippen LogP contribution in [0.4, 0.5) is 11.5 Å². The maximum Gasteiger partial charge on any atom is 0.294 e. The van der Waals surface area contributed by atoms with Crippen LogP contribution in [0.25, 0.3) is 0 Å². The molecule has 0 amide bonds. The summed E-state index contributed by atoms with van der Waals surface area (Å²) < 4.78 is 2.90. The molecule has 7 heteroatoms. The summed E-state index contributed by atoms with van der Waals surface area (Å²) >= 11 is 9.87. The minimum Gasteiger partial charge on any atom is -0.322 e. The molecule has 0 spiro atoms. The number of rotatable bonds is 4. The molecule has 0 N–H and O–H groups in total. The van der Waals surface area contributed by atoms with Crippen molar-refractivity contribution in [3.8, 4) is 0 Å². The van der Waals surface area contributed by atoms with E-state index in [0.717, 1.165) is 35.0 Å². The van der Waals surface area contributed by atoms with Crippen molar-refractivity contribution in [2.24, 2.45) is 5.92 Å². The second kappa shape index (κ2) is 6.47. The first-order valence-electron chi connectivity index (χ1n) is 8.84. The van der Waals surface area contributed by atoms with E-state index in [9.17, 15) is 4.79 Å². The van der Waals surface area contributed by atoms with Crippen LogP contribution in [0.5, 0.6) is 0 Å². The monoisotopic (exact) mass is 419 g/mol. The molecule has 4 rings (SSSR count). The first-order valence-corrected chi connectivity index (χ1v) is 10.0. The Morgan fingerprint density at radius 3 is 2.88 bits per heavy atom. The number of fused-ring (bicyclic) bond motifs is 1. The molecule has 130 valence electrons. The summed E-state index contributed by atoms with van der Waals surface area (Å²) in [5, 5.41) is 0.386. The van der Waals surface area contributed by atoms with Crippen molar-refractivity contribution < 1.29 is 0 Å². The lowest BCUT2D eigenvalue weighted by molar-refractivity contribution is 0.419. The lowest BCUT2D eigenvalue weighted by atomic mass is 9.92. The molecule has 2 aromatic rings. The summed E-state index contributed by atoms with van der Waals surface area (Å²) in [5.74, 6) is 1.05. The normalized spacial score (nSPS) is 17.6. The van der Waals surface area contributed by atoms with Crippen LogP contribution < -0.4 is 15.9 Å². The molecule has 2 heterocycles. The summed E-state index contributed by atoms with van der Waals surface area (Å²) in [6, 6.07) is 4.43. The lowest BCUT2D eigenvalue weighted by Crippen LogP contribution is -2.33. The molecule has 0 saturated heterocycles. The Balaban J connectivity index is 1.83. The van der Waals surface area contributed by atoms with E-state index < -0.39 is 0 Å². The second-order valence-corrected chi connectivity index (χ2v) is 8.35. The van der Waals surface area contributed by atoms with E-state index in [1.54, 1.807) is 6.20 Å². The van der Waals surface area contributed by atoms with Gasteiger partial charge in [-0.05, 0) is 43.2 Å². The number of benzene rings is 1. The summed E-state index contributed by atoms with van der Waals surface area (Å²) in [7, 11) is 2.07. The fourth-order valence-electron chi connectivity index (χ4n) is 4.06. The zero-order chi connectivity index (χ0) is 17.7. The molecular weight excluding hydrogens is 400 g/mol. The first-order chi connectivity index (χ1) is 12.0. The Morgan fingerprint density at radius 1 is 1.44 bits per heavy atom. The smallest absolute Gasteiger partial charge is 0.294 e. The average Bonchev–Trinajstić information content (AvgIpc) is 3.30. The van der Waals surface area contributed by atoms with Gasteiger partial charge in [-0.1, -0.05) is 46.0 Å². The van der Waals surface area contributed by atoms with Crippen LogP contribution in [0.15, 0.2) is 27.6 Å². The van der Waals surface area contributed by atoms with Crippen molar-refractivity contribution in [3.05, 3.63) is 43.9 Å². The minimum absolute atomic E-state index is 0.0293. The Morgan fingerprint density at radius 2 is 2.20 bits per heavy atom. The Bertz CT molecular complexity index is 897. The fraction of sp³-hybridized carbons (Fsp3) is 0.444. The van der Waals surface area contributed by atoms with Gasteiger partial charge in [0, 0.05) is 28.9 Å². The van der Waals surface area contributed by atoms with Crippen LogP contribution in [-0.2, 0) is 6.42 Å². The van der Waals surface area contributed by atoms with Gasteiger partial charge in [0.1, 0.15) is 13.0 Å². The number of nitrogens with zero attached hydrogens (tertiary/aromatic N) is 3. The van der Waals surface area contributed by atoms with Crippen molar-refractivity contribution in [1.82, 2.24) is 9.55 Å². The van der Waals surface area contributed by atoms with Crippen molar-refractivity contribution >= 4 is 52.3 Å². The van der Waals surface area contributed by atoms with Crippen LogP contribution >= 0.6 is 27.5 Å². The predicted molar refractivity (Wildman–Crippen MR) is 109 cm³/mol. The highest BCUT2D eigenvalue weighted by Crippen LogP contribution is 2.41. The maximum atomic E-state index is 13.2. The molecule has 1 fully saturated rings. The van der Waals surface area contributed by atoms with Crippen molar-refractivity contribution in [2.45, 2.75) is 38.6 Å². The highest BCUT2D eigenvalue weighted by Gasteiger charge is 2.34. The van der Waals surface area contributed by atoms with E-state index in [1.165, 1.54) is 18.4 Å². The average molecular weight is 421 g/mol. The third-order valence-electron chi connectivity index (χ3n) is 5.30. The molecule has 1 aliphatic carbocycles. The van der Waals surface area contributed by atoms with Crippen LogP contribution in [0, 0.1) is 5.92 Å². The van der Waals surface area contributed by atoms with E-state index in [-0.39, 0.29) is 11.6 Å². The van der Waals surface area contributed by atoms with Gasteiger partial charge in [0.15, 0.2) is 0 Å². The van der Waals surface area contributed by atoms with E-state index >= 15 is 0 Å². The number of halogens is 2. The van der Waals surface area contributed by atoms with Gasteiger partial charge in [-0.3, -0.25) is 4.79 Å². The molecule has 1 saturated carbocycles. The first kappa shape index (κ1) is 17.2. The van der Waals surface area contributed by atoms with Gasteiger partial charge < -0.3 is 9.47 Å². The zero-order valence-electron chi connectivity index (χ0n) is 14.4. The summed E-state index contributed by atoms with van der Waals surface area (Å²) in [6.45, 7) is 2.89. The van der Waals surface area contributed by atoms with E-state index in [1.807, 2.05) is 9.47 Å². The van der Waals surface area contributed by atoms with Crippen LogP contribution in [0.3, 0.4) is 0 Å². The third kappa shape index (κ3) is 3.04. The molecule has 1 aliphatic heterocycles. The molecule has 0 bridgehead atoms. The van der Waals surface area contributed by atoms with Crippen molar-refractivity contribution in [3.63, 3.8) is 0 Å². The summed E-state index contributed by atoms with van der Waals surface area (Å²) in [6.07, 6.45) is 5.95. The quantitative estimate of drug-likeness (QED) is 0.714. The lowest BCUT2D eigenvalue weighted by Gasteiger charge is -2.24. The maximum absolute atomic E-state index is 13.2. The minimum atomic E-state index is -0.0293. The molecule has 25 heavy (non-hydrogen) atoms. The molecule has 1 aromatic carbocycles. The van der Waals surface area contributed by atoms with E-state index in [2.05, 4.69) is 47.8 Å². The molecule has 2 aliphatic rings. The van der Waals surface area contributed by atoms with Gasteiger partial charge in [-0.15, -0.1) is 0 Å². The molecule has 1 aromatic heterocycles. The predicted octanol–water partition coefficient (Wildman–Crippen LogP) is 2.97. The van der Waals surface area contributed by atoms with Gasteiger partial charge >= 0.3 is 0 Å². The summed E-state index contributed by atoms with van der Waals surface area (Å²) in [4.78, 5) is 19.7. The SMILES string of the molecule is Bc1cc(Br)cc2c1N(c1nc(Cl)cn([C@@H](CC)C3CC3)c1=O)CC2. The number of hydrogen-bond acceptors (Lipinski definition) is 3. The number of hydrogen-bond donors (Lipinski definition) is 0. The van der Waals surface area contributed by atoms with Crippen LogP contribution in [0.1, 0.15) is 37.8 Å². The van der Waals surface area contributed by atoms with Crippen molar-refractivity contribution in [1.29, 1.82) is 0 Å². The Labute approximate surface area is 161 Å². The standard InChI is InChI=1S/C18H20BBrClN3O/c1-2-14(10-3-4-10)24-9-15(21)22-17(18(24)25)23-6-5-11-7-12(20)8-13(19)16(11)23/h7-10,14H,2-6,19H2,1H3/t14-/m0/s1. The van der Waals surface area contributed by atoms with Gasteiger partial charge in [0.05, 0.1) is 0 Å². The molecular formula is C18H20BBrClN3O. The molecule has 0 radical (unpaired) electrons. The highest BCUT2D eigenvalue weighted by atomic mass is 79.9. The van der Waals surface area contributed by atoms with E-state index in [4.69, 9.17) is 11.6 Å². The van der Waals surface area contributed by atoms with Crippen molar-refractivity contribution in [2.75, 3.05) is 11.4 Å². The molecule has 4 nitrogen and oxygen atoms in total. The molecule has 0 unspecified atom stereocenters. The molecule has 1 atom stereocenters. The Kier molecular flexibility index (Phi) is 4.44. The topological polar surface area (TPSA) is 38.1 Å². The van der Waals surface area contributed by atoms with Gasteiger partial charge in [0.25, 0.3) is 5.56 Å². The Hall–Kier alpha value is -1.27. The van der Waals surface area contributed by atoms with Crippen LogP contribution in [-0.4, -0.2) is 23.9 Å². The van der Waals surface area contributed by atoms with Crippen LogP contribution in [0.2, 0.25) is 5.15 Å². The van der Waals surface area contributed by atoms with Gasteiger partial charge in [-0.2, -0.15) is 0 Å². The third-order valence-corrected chi connectivity index (χ3v) is 5.94.